The molecular weight excluding hydrogens is 366 g/mol. The van der Waals surface area contributed by atoms with E-state index >= 15 is 0 Å². The van der Waals surface area contributed by atoms with Crippen molar-refractivity contribution in [1.29, 1.82) is 0 Å². The highest BCUT2D eigenvalue weighted by atomic mass is 32.1. The van der Waals surface area contributed by atoms with Gasteiger partial charge in [0.1, 0.15) is 9.88 Å². The fraction of sp³-hybridized carbons (Fsp3) is 0.565. The van der Waals surface area contributed by atoms with Crippen LogP contribution >= 0.6 is 11.3 Å². The van der Waals surface area contributed by atoms with Crippen LogP contribution in [0.3, 0.4) is 0 Å². The van der Waals surface area contributed by atoms with E-state index in [2.05, 4.69) is 49.9 Å². The summed E-state index contributed by atoms with van der Waals surface area (Å²) in [5, 5.41) is 0.947. The highest BCUT2D eigenvalue weighted by molar-refractivity contribution is 7.17. The molecule has 0 aliphatic carbocycles. The number of amides is 1. The van der Waals surface area contributed by atoms with Crippen molar-refractivity contribution in [2.75, 3.05) is 32.7 Å². The molecule has 3 rings (SSSR count). The largest absolute Gasteiger partial charge is 0.337 e. The van der Waals surface area contributed by atoms with E-state index in [0.29, 0.717) is 5.92 Å². The van der Waals surface area contributed by atoms with Gasteiger partial charge in [0.05, 0.1) is 5.69 Å². The summed E-state index contributed by atoms with van der Waals surface area (Å²) in [7, 11) is 0. The second-order valence-corrected chi connectivity index (χ2v) is 9.05. The standard InChI is InChI=1S/C23H33N3OS/c1-5-6-11-25-12-8-13-26(15-14-25)23(27)21-18(4)24-22(28-21)20-10-7-9-19(16-20)17(2)3/h7,9-10,16-17H,5-6,8,11-15H2,1-4H3. The summed E-state index contributed by atoms with van der Waals surface area (Å²) in [5.41, 5.74) is 3.27. The summed E-state index contributed by atoms with van der Waals surface area (Å²) in [6.07, 6.45) is 3.51. The minimum absolute atomic E-state index is 0.151. The van der Waals surface area contributed by atoms with Crippen LogP contribution in [0.1, 0.15) is 66.9 Å². The minimum atomic E-state index is 0.151. The van der Waals surface area contributed by atoms with Crippen LogP contribution in [-0.2, 0) is 0 Å². The van der Waals surface area contributed by atoms with Crippen molar-refractivity contribution < 1.29 is 4.79 Å². The Kier molecular flexibility index (Phi) is 7.24. The van der Waals surface area contributed by atoms with Gasteiger partial charge in [-0.05, 0) is 50.4 Å². The van der Waals surface area contributed by atoms with Crippen molar-refractivity contribution in [2.24, 2.45) is 0 Å². The predicted octanol–water partition coefficient (Wildman–Crippen LogP) is 5.19. The van der Waals surface area contributed by atoms with Crippen LogP contribution in [-0.4, -0.2) is 53.4 Å². The number of rotatable bonds is 6. The number of nitrogens with zero attached hydrogens (tertiary/aromatic N) is 3. The number of thiazole rings is 1. The van der Waals surface area contributed by atoms with Gasteiger partial charge in [0.25, 0.3) is 5.91 Å². The van der Waals surface area contributed by atoms with Crippen LogP contribution in [0.2, 0.25) is 0 Å². The Morgan fingerprint density at radius 1 is 1.21 bits per heavy atom. The Morgan fingerprint density at radius 3 is 2.79 bits per heavy atom. The third-order valence-electron chi connectivity index (χ3n) is 5.49. The first-order valence-corrected chi connectivity index (χ1v) is 11.4. The number of hydrogen-bond donors (Lipinski definition) is 0. The maximum Gasteiger partial charge on any atom is 0.265 e. The lowest BCUT2D eigenvalue weighted by atomic mass is 10.0. The molecule has 0 unspecified atom stereocenters. The Hall–Kier alpha value is -1.72. The third-order valence-corrected chi connectivity index (χ3v) is 6.69. The van der Waals surface area contributed by atoms with E-state index in [1.165, 1.54) is 18.4 Å². The highest BCUT2D eigenvalue weighted by Gasteiger charge is 2.24. The quantitative estimate of drug-likeness (QED) is 0.671. The van der Waals surface area contributed by atoms with E-state index in [9.17, 15) is 4.79 Å². The Labute approximate surface area is 173 Å². The Balaban J connectivity index is 1.74. The van der Waals surface area contributed by atoms with Crippen molar-refractivity contribution in [3.63, 3.8) is 0 Å². The van der Waals surface area contributed by atoms with E-state index < -0.39 is 0 Å². The summed E-state index contributed by atoms with van der Waals surface area (Å²) >= 11 is 1.54. The lowest BCUT2D eigenvalue weighted by molar-refractivity contribution is 0.0765. The van der Waals surface area contributed by atoms with Crippen LogP contribution in [0, 0.1) is 6.92 Å². The van der Waals surface area contributed by atoms with Crippen LogP contribution in [0.5, 0.6) is 0 Å². The number of aromatic nitrogens is 1. The number of aryl methyl sites for hydroxylation is 1. The van der Waals surface area contributed by atoms with Gasteiger partial charge < -0.3 is 9.80 Å². The van der Waals surface area contributed by atoms with Crippen molar-refractivity contribution >= 4 is 17.2 Å². The lowest BCUT2D eigenvalue weighted by Gasteiger charge is -2.21. The first-order chi connectivity index (χ1) is 13.5. The van der Waals surface area contributed by atoms with Crippen LogP contribution < -0.4 is 0 Å². The van der Waals surface area contributed by atoms with Gasteiger partial charge in [-0.3, -0.25) is 4.79 Å². The number of benzene rings is 1. The van der Waals surface area contributed by atoms with Crippen molar-refractivity contribution in [3.8, 4) is 10.6 Å². The summed E-state index contributed by atoms with van der Waals surface area (Å²) in [6, 6.07) is 8.54. The highest BCUT2D eigenvalue weighted by Crippen LogP contribution is 2.30. The topological polar surface area (TPSA) is 36.4 Å². The Bertz CT molecular complexity index is 799. The molecule has 2 heterocycles. The molecule has 4 nitrogen and oxygen atoms in total. The second kappa shape index (κ2) is 9.66. The molecular formula is C23H33N3OS. The first-order valence-electron chi connectivity index (χ1n) is 10.6. The van der Waals surface area contributed by atoms with Gasteiger partial charge in [-0.2, -0.15) is 0 Å². The van der Waals surface area contributed by atoms with Gasteiger partial charge in [0, 0.05) is 25.2 Å². The molecule has 1 aliphatic heterocycles. The normalized spacial score (nSPS) is 15.8. The smallest absolute Gasteiger partial charge is 0.265 e. The van der Waals surface area contributed by atoms with E-state index in [4.69, 9.17) is 4.98 Å². The second-order valence-electron chi connectivity index (χ2n) is 8.05. The van der Waals surface area contributed by atoms with E-state index in [1.807, 2.05) is 11.8 Å². The van der Waals surface area contributed by atoms with E-state index in [-0.39, 0.29) is 5.91 Å². The predicted molar refractivity (Wildman–Crippen MR) is 118 cm³/mol. The van der Waals surface area contributed by atoms with Gasteiger partial charge >= 0.3 is 0 Å². The van der Waals surface area contributed by atoms with Crippen LogP contribution in [0.4, 0.5) is 0 Å². The van der Waals surface area contributed by atoms with Gasteiger partial charge in [-0.1, -0.05) is 45.4 Å². The maximum absolute atomic E-state index is 13.2. The van der Waals surface area contributed by atoms with Crippen molar-refractivity contribution in [1.82, 2.24) is 14.8 Å². The summed E-state index contributed by atoms with van der Waals surface area (Å²) < 4.78 is 0. The zero-order valence-electron chi connectivity index (χ0n) is 17.7. The van der Waals surface area contributed by atoms with Gasteiger partial charge in [-0.25, -0.2) is 4.98 Å². The molecule has 0 atom stereocenters. The molecule has 0 radical (unpaired) electrons. The average molecular weight is 400 g/mol. The number of hydrogen-bond acceptors (Lipinski definition) is 4. The van der Waals surface area contributed by atoms with E-state index in [1.54, 1.807) is 11.3 Å². The van der Waals surface area contributed by atoms with Crippen LogP contribution in [0.25, 0.3) is 10.6 Å². The summed E-state index contributed by atoms with van der Waals surface area (Å²) in [6.45, 7) is 13.5. The monoisotopic (exact) mass is 399 g/mol. The fourth-order valence-electron chi connectivity index (χ4n) is 3.67. The first kappa shape index (κ1) is 21.0. The molecule has 2 aromatic rings. The molecule has 1 fully saturated rings. The Morgan fingerprint density at radius 2 is 2.04 bits per heavy atom. The maximum atomic E-state index is 13.2. The number of unbranched alkanes of at least 4 members (excludes halogenated alkanes) is 1. The number of carbonyl (C=O) groups excluding carboxylic acids is 1. The average Bonchev–Trinajstić information content (AvgIpc) is 2.93. The molecule has 0 N–H and O–H groups in total. The summed E-state index contributed by atoms with van der Waals surface area (Å²) in [4.78, 5) is 23.3. The van der Waals surface area contributed by atoms with E-state index in [0.717, 1.165) is 60.3 Å². The third kappa shape index (κ3) is 5.00. The SMILES string of the molecule is CCCCN1CCCN(C(=O)c2sc(-c3cccc(C(C)C)c3)nc2C)CC1. The molecule has 1 saturated heterocycles. The molecule has 0 bridgehead atoms. The van der Waals surface area contributed by atoms with Gasteiger partial charge in [0.15, 0.2) is 0 Å². The molecule has 1 amide bonds. The molecule has 152 valence electrons. The van der Waals surface area contributed by atoms with Gasteiger partial charge in [0.2, 0.25) is 0 Å². The molecule has 28 heavy (non-hydrogen) atoms. The fourth-order valence-corrected chi connectivity index (χ4v) is 4.70. The van der Waals surface area contributed by atoms with Crippen molar-refractivity contribution in [2.45, 2.75) is 52.9 Å². The zero-order chi connectivity index (χ0) is 20.1. The summed E-state index contributed by atoms with van der Waals surface area (Å²) in [5.74, 6) is 0.633. The molecule has 1 aliphatic rings. The number of carbonyl (C=O) groups is 1. The van der Waals surface area contributed by atoms with Gasteiger partial charge in [-0.15, -0.1) is 11.3 Å². The minimum Gasteiger partial charge on any atom is -0.337 e. The van der Waals surface area contributed by atoms with Crippen molar-refractivity contribution in [3.05, 3.63) is 40.4 Å². The van der Waals surface area contributed by atoms with Crippen LogP contribution in [0.15, 0.2) is 24.3 Å². The molecule has 1 aromatic carbocycles. The molecule has 1 aromatic heterocycles. The molecule has 5 heteroatoms. The lowest BCUT2D eigenvalue weighted by Crippen LogP contribution is -2.35. The molecule has 0 saturated carbocycles. The zero-order valence-corrected chi connectivity index (χ0v) is 18.5. The molecule has 0 spiro atoms.